The fourth-order valence-corrected chi connectivity index (χ4v) is 4.45. The van der Waals surface area contributed by atoms with Gasteiger partial charge in [-0.1, -0.05) is 48.0 Å². The number of sulfone groups is 1. The standard InChI is InChI=1S/C24H25N3O7S/c1-15-7-9-16(10-8-15)18(13-21(29)30)25-24(32)26-22-19(28)11-12-27(23(22)31)14-17-5-3-4-6-20(17)35(2,33)34/h3-12,18,28H,13-14H2,1-2H3,(H,29,30)(H2,25,26,32)/t18-/m0/s1. The van der Waals surface area contributed by atoms with Crippen LogP contribution < -0.4 is 16.2 Å². The number of benzene rings is 2. The minimum atomic E-state index is -3.55. The Labute approximate surface area is 201 Å². The Morgan fingerprint density at radius 1 is 1.06 bits per heavy atom. The van der Waals surface area contributed by atoms with Gasteiger partial charge in [0.1, 0.15) is 5.75 Å². The zero-order valence-electron chi connectivity index (χ0n) is 19.1. The molecule has 1 aromatic heterocycles. The maximum absolute atomic E-state index is 13.0. The third-order valence-corrected chi connectivity index (χ3v) is 6.46. The number of pyridine rings is 1. The van der Waals surface area contributed by atoms with Gasteiger partial charge in [0, 0.05) is 12.5 Å². The lowest BCUT2D eigenvalue weighted by Gasteiger charge is -2.19. The van der Waals surface area contributed by atoms with Gasteiger partial charge in [-0.05, 0) is 30.2 Å². The van der Waals surface area contributed by atoms with Gasteiger partial charge in [-0.2, -0.15) is 0 Å². The molecule has 0 spiro atoms. The number of anilines is 1. The van der Waals surface area contributed by atoms with Crippen LogP contribution in [0, 0.1) is 6.92 Å². The number of carbonyl (C=O) groups is 2. The van der Waals surface area contributed by atoms with Crippen LogP contribution in [0.4, 0.5) is 10.5 Å². The molecule has 1 heterocycles. The number of carboxylic acids is 1. The first kappa shape index (κ1) is 25.5. The number of amides is 2. The fraction of sp³-hybridized carbons (Fsp3) is 0.208. The summed E-state index contributed by atoms with van der Waals surface area (Å²) in [5.74, 6) is -1.63. The van der Waals surface area contributed by atoms with E-state index in [0.29, 0.717) is 11.1 Å². The summed E-state index contributed by atoms with van der Waals surface area (Å²) in [6.07, 6.45) is 1.94. The van der Waals surface area contributed by atoms with Crippen LogP contribution in [0.1, 0.15) is 29.2 Å². The van der Waals surface area contributed by atoms with Gasteiger partial charge in [0.05, 0.1) is 23.9 Å². The molecule has 0 aliphatic rings. The highest BCUT2D eigenvalue weighted by molar-refractivity contribution is 7.90. The first-order valence-electron chi connectivity index (χ1n) is 10.5. The molecule has 35 heavy (non-hydrogen) atoms. The van der Waals surface area contributed by atoms with Crippen molar-refractivity contribution < 1.29 is 28.2 Å². The van der Waals surface area contributed by atoms with Crippen LogP contribution >= 0.6 is 0 Å². The number of aromatic hydroxyl groups is 1. The number of aryl methyl sites for hydroxylation is 1. The molecular weight excluding hydrogens is 474 g/mol. The van der Waals surface area contributed by atoms with Gasteiger partial charge in [-0.15, -0.1) is 0 Å². The summed E-state index contributed by atoms with van der Waals surface area (Å²) < 4.78 is 25.3. The molecular formula is C24H25N3O7S. The maximum Gasteiger partial charge on any atom is 0.319 e. The van der Waals surface area contributed by atoms with E-state index in [1.54, 1.807) is 42.5 Å². The molecule has 11 heteroatoms. The third-order valence-electron chi connectivity index (χ3n) is 5.26. The van der Waals surface area contributed by atoms with Crippen molar-refractivity contribution in [1.82, 2.24) is 9.88 Å². The number of aromatic nitrogens is 1. The molecule has 0 aliphatic carbocycles. The van der Waals surface area contributed by atoms with Gasteiger partial charge in [0.15, 0.2) is 15.5 Å². The average Bonchev–Trinajstić information content (AvgIpc) is 2.78. The molecule has 1 atom stereocenters. The van der Waals surface area contributed by atoms with E-state index in [1.807, 2.05) is 6.92 Å². The van der Waals surface area contributed by atoms with E-state index in [0.717, 1.165) is 16.4 Å². The molecule has 2 aromatic carbocycles. The number of carbonyl (C=O) groups excluding carboxylic acids is 1. The number of rotatable bonds is 8. The zero-order chi connectivity index (χ0) is 25.8. The summed E-state index contributed by atoms with van der Waals surface area (Å²) in [4.78, 5) is 37.0. The molecule has 0 aliphatic heterocycles. The first-order chi connectivity index (χ1) is 16.5. The van der Waals surface area contributed by atoms with Crippen molar-refractivity contribution in [3.05, 3.63) is 87.8 Å². The lowest BCUT2D eigenvalue weighted by molar-refractivity contribution is -0.137. The second kappa shape index (κ2) is 10.4. The molecule has 0 bridgehead atoms. The Morgan fingerprint density at radius 3 is 2.34 bits per heavy atom. The molecule has 0 unspecified atom stereocenters. The highest BCUT2D eigenvalue weighted by Crippen LogP contribution is 2.21. The molecule has 0 radical (unpaired) electrons. The number of hydrogen-bond acceptors (Lipinski definition) is 6. The van der Waals surface area contributed by atoms with Crippen molar-refractivity contribution in [3.8, 4) is 5.75 Å². The molecule has 4 N–H and O–H groups in total. The smallest absolute Gasteiger partial charge is 0.319 e. The Bertz CT molecular complexity index is 1410. The Hall–Kier alpha value is -4.12. The first-order valence-corrected chi connectivity index (χ1v) is 12.4. The minimum Gasteiger partial charge on any atom is -0.505 e. The second-order valence-corrected chi connectivity index (χ2v) is 10.0. The number of hydrogen-bond donors (Lipinski definition) is 4. The lowest BCUT2D eigenvalue weighted by Crippen LogP contribution is -2.36. The number of carboxylic acid groups (broad SMARTS) is 1. The van der Waals surface area contributed by atoms with Gasteiger partial charge < -0.3 is 25.4 Å². The van der Waals surface area contributed by atoms with Crippen molar-refractivity contribution in [2.75, 3.05) is 11.6 Å². The number of nitrogens with one attached hydrogen (secondary N) is 2. The summed E-state index contributed by atoms with van der Waals surface area (Å²) in [5, 5.41) is 24.2. The average molecular weight is 500 g/mol. The van der Waals surface area contributed by atoms with Crippen LogP contribution in [0.15, 0.2) is 70.5 Å². The second-order valence-electron chi connectivity index (χ2n) is 8.05. The molecule has 0 fully saturated rings. The topological polar surface area (TPSA) is 155 Å². The van der Waals surface area contributed by atoms with Crippen LogP contribution in [0.25, 0.3) is 0 Å². The van der Waals surface area contributed by atoms with Crippen molar-refractivity contribution in [2.45, 2.75) is 30.8 Å². The number of urea groups is 1. The van der Waals surface area contributed by atoms with Gasteiger partial charge >= 0.3 is 12.0 Å². The highest BCUT2D eigenvalue weighted by atomic mass is 32.2. The Kier molecular flexibility index (Phi) is 7.60. The summed E-state index contributed by atoms with van der Waals surface area (Å²) in [6.45, 7) is 1.75. The molecule has 2 amide bonds. The van der Waals surface area contributed by atoms with E-state index < -0.39 is 51.3 Å². The summed E-state index contributed by atoms with van der Waals surface area (Å²) in [5.41, 5.74) is 0.673. The van der Waals surface area contributed by atoms with Crippen LogP contribution in [0.2, 0.25) is 0 Å². The Morgan fingerprint density at radius 2 is 1.71 bits per heavy atom. The quantitative estimate of drug-likeness (QED) is 0.371. The van der Waals surface area contributed by atoms with E-state index in [2.05, 4.69) is 10.6 Å². The Balaban J connectivity index is 1.86. The van der Waals surface area contributed by atoms with Crippen molar-refractivity contribution in [2.24, 2.45) is 0 Å². The molecule has 10 nitrogen and oxygen atoms in total. The molecule has 0 saturated carbocycles. The number of nitrogens with zero attached hydrogens (tertiary/aromatic N) is 1. The van der Waals surface area contributed by atoms with Gasteiger partial charge in [-0.3, -0.25) is 9.59 Å². The normalized spacial score (nSPS) is 12.1. The zero-order valence-corrected chi connectivity index (χ0v) is 19.9. The van der Waals surface area contributed by atoms with E-state index >= 15 is 0 Å². The van der Waals surface area contributed by atoms with Crippen LogP contribution in [-0.4, -0.2) is 41.5 Å². The van der Waals surface area contributed by atoms with Gasteiger partial charge in [-0.25, -0.2) is 13.2 Å². The van der Waals surface area contributed by atoms with Crippen molar-refractivity contribution in [1.29, 1.82) is 0 Å². The van der Waals surface area contributed by atoms with Crippen LogP contribution in [0.5, 0.6) is 5.75 Å². The summed E-state index contributed by atoms with van der Waals surface area (Å²) in [7, 11) is -3.55. The van der Waals surface area contributed by atoms with Crippen LogP contribution in [0.3, 0.4) is 0 Å². The van der Waals surface area contributed by atoms with Crippen molar-refractivity contribution in [3.63, 3.8) is 0 Å². The molecule has 0 saturated heterocycles. The SMILES string of the molecule is Cc1ccc([C@H](CC(=O)O)NC(=O)Nc2c(O)ccn(Cc3ccccc3S(C)(=O)=O)c2=O)cc1. The summed E-state index contributed by atoms with van der Waals surface area (Å²) in [6, 6.07) is 12.5. The van der Waals surface area contributed by atoms with Gasteiger partial charge in [0.2, 0.25) is 0 Å². The fourth-order valence-electron chi connectivity index (χ4n) is 3.52. The van der Waals surface area contributed by atoms with E-state index in [1.165, 1.54) is 18.3 Å². The van der Waals surface area contributed by atoms with Crippen LogP contribution in [-0.2, 0) is 21.2 Å². The largest absolute Gasteiger partial charge is 0.505 e. The minimum absolute atomic E-state index is 0.0573. The maximum atomic E-state index is 13.0. The predicted octanol–water partition coefficient (Wildman–Crippen LogP) is 2.65. The monoisotopic (exact) mass is 499 g/mol. The predicted molar refractivity (Wildman–Crippen MR) is 129 cm³/mol. The van der Waals surface area contributed by atoms with E-state index in [4.69, 9.17) is 0 Å². The van der Waals surface area contributed by atoms with Crippen molar-refractivity contribution >= 4 is 27.5 Å². The molecule has 3 rings (SSSR count). The van der Waals surface area contributed by atoms with E-state index in [-0.39, 0.29) is 11.4 Å². The lowest BCUT2D eigenvalue weighted by atomic mass is 10.0. The molecule has 184 valence electrons. The van der Waals surface area contributed by atoms with E-state index in [9.17, 15) is 33.0 Å². The number of aliphatic carboxylic acids is 1. The highest BCUT2D eigenvalue weighted by Gasteiger charge is 2.21. The third kappa shape index (κ3) is 6.48. The summed E-state index contributed by atoms with van der Waals surface area (Å²) >= 11 is 0. The molecule has 3 aromatic rings. The van der Waals surface area contributed by atoms with Gasteiger partial charge in [0.25, 0.3) is 5.56 Å².